The number of carbonyl (C=O) groups excluding carboxylic acids is 1. The number of aromatic nitrogens is 1. The minimum Gasteiger partial charge on any atom is -0.485 e. The second kappa shape index (κ2) is 6.74. The largest absolute Gasteiger partial charge is 0.485 e. The molecule has 1 N–H and O–H groups in total. The van der Waals surface area contributed by atoms with Crippen molar-refractivity contribution in [3.8, 4) is 22.8 Å². The fourth-order valence-electron chi connectivity index (χ4n) is 2.42. The number of halogens is 1. The number of anilines is 1. The van der Waals surface area contributed by atoms with Crippen molar-refractivity contribution >= 4 is 34.0 Å². The molecule has 0 saturated carbocycles. The fraction of sp³-hybridized carbons (Fsp3) is 0.111. The quantitative estimate of drug-likeness (QED) is 0.747. The van der Waals surface area contributed by atoms with E-state index in [1.54, 1.807) is 18.2 Å². The number of ether oxygens (including phenoxy) is 2. The first-order chi connectivity index (χ1) is 12.2. The van der Waals surface area contributed by atoms with Gasteiger partial charge in [-0.05, 0) is 24.3 Å². The summed E-state index contributed by atoms with van der Waals surface area (Å²) in [6.45, 7) is 0.165. The normalized spacial score (nSPS) is 15.6. The number of hydrogen-bond donors (Lipinski definition) is 1. The number of amides is 1. The molecule has 5 nitrogen and oxygen atoms in total. The molecule has 0 fully saturated rings. The SMILES string of the molecule is O=C(Nc1nc(-c2ccc(Cl)cc2)cs1)[C@H]1COc2ccccc2O1. The van der Waals surface area contributed by atoms with Gasteiger partial charge in [-0.1, -0.05) is 35.9 Å². The van der Waals surface area contributed by atoms with Gasteiger partial charge in [0.05, 0.1) is 5.69 Å². The first-order valence-corrected chi connectivity index (χ1v) is 8.85. The maximum atomic E-state index is 12.4. The van der Waals surface area contributed by atoms with E-state index in [9.17, 15) is 4.79 Å². The zero-order chi connectivity index (χ0) is 17.2. The molecule has 2 aromatic carbocycles. The van der Waals surface area contributed by atoms with Gasteiger partial charge < -0.3 is 9.47 Å². The summed E-state index contributed by atoms with van der Waals surface area (Å²) in [7, 11) is 0. The van der Waals surface area contributed by atoms with Crippen LogP contribution in [-0.2, 0) is 4.79 Å². The highest BCUT2D eigenvalue weighted by Crippen LogP contribution is 2.31. The van der Waals surface area contributed by atoms with Crippen LogP contribution in [0.2, 0.25) is 5.02 Å². The molecule has 4 rings (SSSR count). The molecule has 2 heterocycles. The number of rotatable bonds is 3. The Morgan fingerprint density at radius 2 is 1.92 bits per heavy atom. The number of hydrogen-bond acceptors (Lipinski definition) is 5. The van der Waals surface area contributed by atoms with E-state index in [4.69, 9.17) is 21.1 Å². The molecule has 25 heavy (non-hydrogen) atoms. The van der Waals surface area contributed by atoms with E-state index in [1.807, 2.05) is 35.7 Å². The summed E-state index contributed by atoms with van der Waals surface area (Å²) >= 11 is 7.25. The molecule has 0 spiro atoms. The first kappa shape index (κ1) is 15.9. The van der Waals surface area contributed by atoms with Crippen molar-refractivity contribution in [3.63, 3.8) is 0 Å². The molecule has 1 aliphatic heterocycles. The van der Waals surface area contributed by atoms with E-state index in [2.05, 4.69) is 10.3 Å². The highest BCUT2D eigenvalue weighted by atomic mass is 35.5. The van der Waals surface area contributed by atoms with Crippen LogP contribution in [0.5, 0.6) is 11.5 Å². The summed E-state index contributed by atoms with van der Waals surface area (Å²) in [5, 5.41) is 5.84. The van der Waals surface area contributed by atoms with Gasteiger partial charge in [0.2, 0.25) is 6.10 Å². The molecule has 126 valence electrons. The molecule has 0 unspecified atom stereocenters. The fourth-order valence-corrected chi connectivity index (χ4v) is 3.27. The Balaban J connectivity index is 1.44. The molecular formula is C18H13ClN2O3S. The second-order valence-corrected chi connectivity index (χ2v) is 6.69. The van der Waals surface area contributed by atoms with Crippen molar-refractivity contribution in [1.29, 1.82) is 0 Å². The van der Waals surface area contributed by atoms with Crippen molar-refractivity contribution < 1.29 is 14.3 Å². The van der Waals surface area contributed by atoms with Gasteiger partial charge in [0.1, 0.15) is 6.61 Å². The Morgan fingerprint density at radius 1 is 1.16 bits per heavy atom. The van der Waals surface area contributed by atoms with E-state index in [0.717, 1.165) is 11.3 Å². The monoisotopic (exact) mass is 372 g/mol. The Bertz CT molecular complexity index is 911. The molecule has 1 aliphatic rings. The highest BCUT2D eigenvalue weighted by Gasteiger charge is 2.27. The predicted octanol–water partition coefficient (Wildman–Crippen LogP) is 4.24. The number of para-hydroxylation sites is 2. The number of fused-ring (bicyclic) bond motifs is 1. The lowest BCUT2D eigenvalue weighted by Crippen LogP contribution is -2.40. The van der Waals surface area contributed by atoms with Crippen LogP contribution in [0.1, 0.15) is 0 Å². The number of thiazole rings is 1. The van der Waals surface area contributed by atoms with Crippen molar-refractivity contribution in [2.45, 2.75) is 6.10 Å². The van der Waals surface area contributed by atoms with Gasteiger partial charge in [0.25, 0.3) is 5.91 Å². The molecule has 1 aromatic heterocycles. The minimum atomic E-state index is -0.710. The van der Waals surface area contributed by atoms with Gasteiger partial charge in [0, 0.05) is 16.0 Å². The van der Waals surface area contributed by atoms with Crippen LogP contribution in [0.25, 0.3) is 11.3 Å². The average molecular weight is 373 g/mol. The third-order valence-corrected chi connectivity index (χ3v) is 4.69. The molecular weight excluding hydrogens is 360 g/mol. The predicted molar refractivity (Wildman–Crippen MR) is 97.5 cm³/mol. The maximum absolute atomic E-state index is 12.4. The van der Waals surface area contributed by atoms with Crippen LogP contribution in [0.3, 0.4) is 0 Å². The third-order valence-electron chi connectivity index (χ3n) is 3.68. The first-order valence-electron chi connectivity index (χ1n) is 7.60. The molecule has 1 atom stereocenters. The molecule has 0 bridgehead atoms. The lowest BCUT2D eigenvalue weighted by atomic mass is 10.2. The van der Waals surface area contributed by atoms with Gasteiger partial charge in [0.15, 0.2) is 16.6 Å². The van der Waals surface area contributed by atoms with E-state index in [1.165, 1.54) is 11.3 Å². The lowest BCUT2D eigenvalue weighted by Gasteiger charge is -2.25. The maximum Gasteiger partial charge on any atom is 0.270 e. The van der Waals surface area contributed by atoms with Crippen LogP contribution < -0.4 is 14.8 Å². The van der Waals surface area contributed by atoms with Gasteiger partial charge in [-0.3, -0.25) is 10.1 Å². The van der Waals surface area contributed by atoms with Crippen LogP contribution in [0.4, 0.5) is 5.13 Å². The second-order valence-electron chi connectivity index (χ2n) is 5.40. The van der Waals surface area contributed by atoms with Crippen LogP contribution in [-0.4, -0.2) is 23.6 Å². The summed E-state index contributed by atoms with van der Waals surface area (Å²) in [6.07, 6.45) is -0.710. The van der Waals surface area contributed by atoms with Gasteiger partial charge in [-0.2, -0.15) is 0 Å². The van der Waals surface area contributed by atoms with E-state index < -0.39 is 6.10 Å². The number of carbonyl (C=O) groups is 1. The van der Waals surface area contributed by atoms with Crippen LogP contribution in [0.15, 0.2) is 53.9 Å². The third kappa shape index (κ3) is 3.45. The Hall–Kier alpha value is -2.57. The van der Waals surface area contributed by atoms with E-state index in [-0.39, 0.29) is 12.5 Å². The van der Waals surface area contributed by atoms with E-state index in [0.29, 0.717) is 21.7 Å². The summed E-state index contributed by atoms with van der Waals surface area (Å²) < 4.78 is 11.3. The Kier molecular flexibility index (Phi) is 4.29. The summed E-state index contributed by atoms with van der Waals surface area (Å²) in [4.78, 5) is 16.8. The summed E-state index contributed by atoms with van der Waals surface area (Å²) in [6, 6.07) is 14.7. The Morgan fingerprint density at radius 3 is 2.72 bits per heavy atom. The van der Waals surface area contributed by atoms with Crippen molar-refractivity contribution in [3.05, 3.63) is 58.9 Å². The Labute approximate surface area is 153 Å². The zero-order valence-electron chi connectivity index (χ0n) is 12.9. The molecule has 0 saturated heterocycles. The molecule has 0 radical (unpaired) electrons. The zero-order valence-corrected chi connectivity index (χ0v) is 14.5. The standard InChI is InChI=1S/C18H13ClN2O3S/c19-12-7-5-11(6-8-12)13-10-25-18(20-13)21-17(22)16-9-23-14-3-1-2-4-15(14)24-16/h1-8,10,16H,9H2,(H,20,21,22)/t16-/m1/s1. The van der Waals surface area contributed by atoms with Crippen molar-refractivity contribution in [2.75, 3.05) is 11.9 Å². The van der Waals surface area contributed by atoms with Gasteiger partial charge in [-0.25, -0.2) is 4.98 Å². The van der Waals surface area contributed by atoms with E-state index >= 15 is 0 Å². The number of benzene rings is 2. The summed E-state index contributed by atoms with van der Waals surface area (Å²) in [5.74, 6) is 0.923. The van der Waals surface area contributed by atoms with Crippen molar-refractivity contribution in [2.24, 2.45) is 0 Å². The van der Waals surface area contributed by atoms with Gasteiger partial charge >= 0.3 is 0 Å². The molecule has 7 heteroatoms. The van der Waals surface area contributed by atoms with Crippen LogP contribution >= 0.6 is 22.9 Å². The lowest BCUT2D eigenvalue weighted by molar-refractivity contribution is -0.125. The highest BCUT2D eigenvalue weighted by molar-refractivity contribution is 7.14. The number of nitrogens with one attached hydrogen (secondary N) is 1. The topological polar surface area (TPSA) is 60.5 Å². The van der Waals surface area contributed by atoms with Crippen molar-refractivity contribution in [1.82, 2.24) is 4.98 Å². The molecule has 3 aromatic rings. The summed E-state index contributed by atoms with van der Waals surface area (Å²) in [5.41, 5.74) is 1.72. The molecule has 1 amide bonds. The van der Waals surface area contributed by atoms with Crippen LogP contribution in [0, 0.1) is 0 Å². The average Bonchev–Trinajstić information content (AvgIpc) is 3.10. The smallest absolute Gasteiger partial charge is 0.270 e. The number of nitrogens with zero attached hydrogens (tertiary/aromatic N) is 1. The molecule has 0 aliphatic carbocycles. The van der Waals surface area contributed by atoms with Gasteiger partial charge in [-0.15, -0.1) is 11.3 Å². The minimum absolute atomic E-state index is 0.165.